The van der Waals surface area contributed by atoms with Gasteiger partial charge in [0.1, 0.15) is 6.67 Å². The summed E-state index contributed by atoms with van der Waals surface area (Å²) in [5.41, 5.74) is 0. The third-order valence-corrected chi connectivity index (χ3v) is 0.896. The van der Waals surface area contributed by atoms with E-state index in [2.05, 4.69) is 8.92 Å². The molecule has 0 saturated carbocycles. The Morgan fingerprint density at radius 3 is 2.36 bits per heavy atom. The van der Waals surface area contributed by atoms with E-state index in [9.17, 15) is 12.8 Å². The first kappa shape index (κ1) is 13.9. The molecule has 1 N–H and O–H groups in total. The quantitative estimate of drug-likeness (QED) is 0.258. The van der Waals surface area contributed by atoms with Crippen LogP contribution in [0.15, 0.2) is 0 Å². The van der Waals surface area contributed by atoms with Gasteiger partial charge >= 0.3 is 29.3 Å². The van der Waals surface area contributed by atoms with Gasteiger partial charge in [-0.1, -0.05) is 0 Å². The molecule has 0 heterocycles. The maximum absolute atomic E-state index is 11.2. The second-order valence-corrected chi connectivity index (χ2v) is 2.35. The molecule has 0 aromatic rings. The number of hydrogen-bond acceptors (Lipinski definition) is 4. The molecule has 0 unspecified atom stereocenters. The number of alkyl halides is 1. The molecule has 0 aliphatic heterocycles. The number of hydrogen-bond donors (Lipinski definition) is 1. The van der Waals surface area contributed by atoms with Crippen molar-refractivity contribution in [2.24, 2.45) is 0 Å². The Balaban J connectivity index is 0. The van der Waals surface area contributed by atoms with Crippen molar-refractivity contribution in [2.45, 2.75) is 0 Å². The summed E-state index contributed by atoms with van der Waals surface area (Å²) in [5.74, 6) is 0. The van der Waals surface area contributed by atoms with Crippen LogP contribution in [0.1, 0.15) is 0 Å². The molecular weight excluding hydrogens is 174 g/mol. The number of halogens is 1. The number of ether oxygens (including phenoxy) is 1. The molecule has 0 saturated heterocycles. The molecule has 0 aromatic heterocycles. The first-order chi connectivity index (χ1) is 4.56. The van der Waals surface area contributed by atoms with E-state index in [-0.39, 0.29) is 25.5 Å². The van der Waals surface area contributed by atoms with Crippen LogP contribution in [-0.2, 0) is 19.3 Å². The topological polar surface area (TPSA) is 72.8 Å². The minimum atomic E-state index is -4.45. The molecule has 0 spiro atoms. The first-order valence-corrected chi connectivity index (χ1v) is 3.68. The molecule has 5 nitrogen and oxygen atoms in total. The van der Waals surface area contributed by atoms with Gasteiger partial charge in [-0.25, -0.2) is 8.57 Å². The van der Waals surface area contributed by atoms with E-state index in [1.807, 2.05) is 0 Å². The average molecular weight is 182 g/mol. The van der Waals surface area contributed by atoms with E-state index in [4.69, 9.17) is 4.55 Å². The van der Waals surface area contributed by atoms with Crippen LogP contribution in [0.4, 0.5) is 4.39 Å². The van der Waals surface area contributed by atoms with Crippen molar-refractivity contribution in [3.63, 3.8) is 0 Å². The van der Waals surface area contributed by atoms with Gasteiger partial charge in [-0.3, -0.25) is 4.55 Å². The minimum absolute atomic E-state index is 0. The molecular formula is C3H8FLiO5S. The summed E-state index contributed by atoms with van der Waals surface area (Å²) in [4.78, 5) is 0. The summed E-state index contributed by atoms with van der Waals surface area (Å²) in [6, 6.07) is 0. The van der Waals surface area contributed by atoms with Crippen molar-refractivity contribution in [3.8, 4) is 0 Å². The summed E-state index contributed by atoms with van der Waals surface area (Å²) >= 11 is 0. The predicted molar refractivity (Wildman–Crippen MR) is 36.6 cm³/mol. The Hall–Kier alpha value is 0.357. The summed E-state index contributed by atoms with van der Waals surface area (Å²) < 4.78 is 46.5. The zero-order valence-corrected chi connectivity index (χ0v) is 5.80. The molecule has 11 heavy (non-hydrogen) atoms. The van der Waals surface area contributed by atoms with E-state index in [1.54, 1.807) is 0 Å². The van der Waals surface area contributed by atoms with Gasteiger partial charge in [0.05, 0.1) is 6.61 Å². The molecule has 0 aromatic carbocycles. The zero-order chi connectivity index (χ0) is 8.04. The molecule has 0 aliphatic rings. The Morgan fingerprint density at radius 1 is 1.45 bits per heavy atom. The van der Waals surface area contributed by atoms with E-state index >= 15 is 0 Å². The first-order valence-electron chi connectivity index (χ1n) is 2.32. The van der Waals surface area contributed by atoms with E-state index in [0.29, 0.717) is 0 Å². The van der Waals surface area contributed by atoms with Crippen molar-refractivity contribution in [1.29, 1.82) is 0 Å². The third kappa shape index (κ3) is 13.4. The standard InChI is InChI=1S/C3H7FO5S.Li.H/c4-1-2-8-3-9-10(5,6)7;;/h1-3H2,(H,5,6,7);;. The second-order valence-electron chi connectivity index (χ2n) is 1.26. The van der Waals surface area contributed by atoms with Crippen molar-refractivity contribution in [3.05, 3.63) is 0 Å². The van der Waals surface area contributed by atoms with Crippen LogP contribution in [0, 0.1) is 0 Å². The van der Waals surface area contributed by atoms with Gasteiger partial charge in [0.15, 0.2) is 6.79 Å². The Morgan fingerprint density at radius 2 is 2.00 bits per heavy atom. The summed E-state index contributed by atoms with van der Waals surface area (Å²) in [6.45, 7) is -1.65. The molecule has 0 atom stereocenters. The fourth-order valence-electron chi connectivity index (χ4n) is 0.208. The molecule has 64 valence electrons. The van der Waals surface area contributed by atoms with Gasteiger partial charge in [-0.15, -0.1) is 0 Å². The van der Waals surface area contributed by atoms with Crippen molar-refractivity contribution in [2.75, 3.05) is 20.1 Å². The molecule has 0 amide bonds. The van der Waals surface area contributed by atoms with Crippen LogP contribution >= 0.6 is 0 Å². The zero-order valence-electron chi connectivity index (χ0n) is 4.99. The summed E-state index contributed by atoms with van der Waals surface area (Å²) in [7, 11) is -4.45. The molecule has 0 rings (SSSR count). The van der Waals surface area contributed by atoms with Crippen LogP contribution in [0.2, 0.25) is 0 Å². The van der Waals surface area contributed by atoms with Crippen LogP contribution in [0.3, 0.4) is 0 Å². The maximum atomic E-state index is 11.2. The van der Waals surface area contributed by atoms with Gasteiger partial charge in [0.25, 0.3) is 0 Å². The fraction of sp³-hybridized carbons (Fsp3) is 1.00. The predicted octanol–water partition coefficient (Wildman–Crippen LogP) is -0.899. The SMILES string of the molecule is O=S(=O)(O)OCOCCF.[LiH]. The van der Waals surface area contributed by atoms with Crippen LogP contribution < -0.4 is 0 Å². The van der Waals surface area contributed by atoms with E-state index in [1.165, 1.54) is 0 Å². The normalized spacial score (nSPS) is 10.7. The van der Waals surface area contributed by atoms with Gasteiger partial charge in [0.2, 0.25) is 0 Å². The monoisotopic (exact) mass is 182 g/mol. The van der Waals surface area contributed by atoms with Gasteiger partial charge in [-0.05, 0) is 0 Å². The Bertz CT molecular complexity index is 169. The van der Waals surface area contributed by atoms with Crippen LogP contribution in [0.5, 0.6) is 0 Å². The van der Waals surface area contributed by atoms with Gasteiger partial charge < -0.3 is 4.74 Å². The van der Waals surface area contributed by atoms with Crippen molar-refractivity contribution in [1.82, 2.24) is 0 Å². The molecule has 0 radical (unpaired) electrons. The molecule has 0 fully saturated rings. The average Bonchev–Trinajstić information content (AvgIpc) is 1.78. The Labute approximate surface area is 76.0 Å². The van der Waals surface area contributed by atoms with Crippen LogP contribution in [-0.4, -0.2) is 51.9 Å². The van der Waals surface area contributed by atoms with E-state index in [0.717, 1.165) is 0 Å². The second kappa shape index (κ2) is 7.03. The van der Waals surface area contributed by atoms with Crippen molar-refractivity contribution >= 4 is 29.3 Å². The summed E-state index contributed by atoms with van der Waals surface area (Å²) in [6.07, 6.45) is 0. The van der Waals surface area contributed by atoms with E-state index < -0.39 is 23.9 Å². The van der Waals surface area contributed by atoms with Crippen LogP contribution in [0.25, 0.3) is 0 Å². The van der Waals surface area contributed by atoms with Crippen molar-refractivity contribution < 1.29 is 26.3 Å². The Kier molecular flexibility index (Phi) is 8.89. The van der Waals surface area contributed by atoms with Gasteiger partial charge in [-0.2, -0.15) is 8.42 Å². The third-order valence-electron chi connectivity index (χ3n) is 0.502. The van der Waals surface area contributed by atoms with Gasteiger partial charge in [0, 0.05) is 0 Å². The molecule has 8 heteroatoms. The fourth-order valence-corrected chi connectivity index (χ4v) is 0.398. The summed E-state index contributed by atoms with van der Waals surface area (Å²) in [5, 5.41) is 0. The molecule has 0 bridgehead atoms. The number of rotatable bonds is 5. The molecule has 0 aliphatic carbocycles.